The van der Waals surface area contributed by atoms with Gasteiger partial charge in [-0.05, 0) is 32.1 Å². The number of hydrogen-bond acceptors (Lipinski definition) is 6. The van der Waals surface area contributed by atoms with Crippen LogP contribution >= 0.6 is 8.17 Å². The number of esters is 1. The Bertz CT molecular complexity index is 433. The van der Waals surface area contributed by atoms with Crippen molar-refractivity contribution in [3.05, 3.63) is 12.2 Å². The predicted molar refractivity (Wildman–Crippen MR) is 116 cm³/mol. The minimum atomic E-state index is -3.91. The molecule has 29 heavy (non-hydrogen) atoms. The summed E-state index contributed by atoms with van der Waals surface area (Å²) >= 11 is 0. The molecule has 8 heteroatoms. The second-order valence-corrected chi connectivity index (χ2v) is 8.92. The van der Waals surface area contributed by atoms with Crippen molar-refractivity contribution in [3.8, 4) is 0 Å². The van der Waals surface area contributed by atoms with Crippen molar-refractivity contribution in [3.63, 3.8) is 0 Å². The van der Waals surface area contributed by atoms with Crippen molar-refractivity contribution in [2.24, 2.45) is 0 Å². The summed E-state index contributed by atoms with van der Waals surface area (Å²) in [6.07, 6.45) is 20.2. The van der Waals surface area contributed by atoms with Crippen LogP contribution in [0.1, 0.15) is 96.8 Å². The summed E-state index contributed by atoms with van der Waals surface area (Å²) in [5.41, 5.74) is 0. The number of allylic oxidation sites excluding steroid dienone is 2. The molecule has 0 saturated carbocycles. The molecule has 0 radical (unpaired) electrons. The van der Waals surface area contributed by atoms with Gasteiger partial charge in [0, 0.05) is 6.42 Å². The first-order valence-electron chi connectivity index (χ1n) is 11.0. The van der Waals surface area contributed by atoms with Gasteiger partial charge in [0.2, 0.25) is 0 Å². The molecule has 0 bridgehead atoms. The fourth-order valence-corrected chi connectivity index (χ4v) is 4.02. The van der Waals surface area contributed by atoms with Gasteiger partial charge in [-0.25, -0.2) is 0 Å². The van der Waals surface area contributed by atoms with Gasteiger partial charge in [-0.3, -0.25) is 4.79 Å². The first-order valence-corrected chi connectivity index (χ1v) is 12.5. The summed E-state index contributed by atoms with van der Waals surface area (Å²) in [6, 6.07) is 0. The van der Waals surface area contributed by atoms with Gasteiger partial charge in [-0.2, -0.15) is 13.9 Å². The number of phosphoric ester groups is 1. The average Bonchev–Trinajstić information content (AvgIpc) is 3.02. The molecule has 5 N–H and O–H groups in total. The summed E-state index contributed by atoms with van der Waals surface area (Å²) in [4.78, 5) is 31.7. The van der Waals surface area contributed by atoms with Crippen LogP contribution in [-0.2, 0) is 18.6 Å². The summed E-state index contributed by atoms with van der Waals surface area (Å²) in [5, 5.41) is 0. The molecule has 1 aliphatic heterocycles. The molecule has 172 valence electrons. The number of ether oxygens (including phenoxy) is 1. The van der Waals surface area contributed by atoms with Gasteiger partial charge in [0.05, 0.1) is 0 Å². The second kappa shape index (κ2) is 18.2. The number of unbranched alkanes of at least 4 members (excludes halogenated alkanes) is 11. The normalized spacial score (nSPS) is 21.4. The lowest BCUT2D eigenvalue weighted by atomic mass is 10.1. The smallest absolute Gasteiger partial charge is 0.377 e. The maximum Gasteiger partial charge on any atom is 0.377 e. The zero-order valence-electron chi connectivity index (χ0n) is 18.5. The quantitative estimate of drug-likeness (QED) is 0.136. The molecule has 0 spiro atoms. The Kier molecular flexibility index (Phi) is 17.9. The third kappa shape index (κ3) is 16.9. The first-order chi connectivity index (χ1) is 13.5. The number of quaternary nitrogens is 1. The van der Waals surface area contributed by atoms with Gasteiger partial charge in [0.25, 0.3) is 0 Å². The third-order valence-corrected chi connectivity index (χ3v) is 5.82. The van der Waals surface area contributed by atoms with Crippen molar-refractivity contribution in [2.45, 2.75) is 103 Å². The van der Waals surface area contributed by atoms with Gasteiger partial charge >= 0.3 is 14.1 Å². The van der Waals surface area contributed by atoms with E-state index in [1.54, 1.807) is 0 Å². The summed E-state index contributed by atoms with van der Waals surface area (Å²) in [6.45, 7) is 2.20. The molecule has 1 saturated heterocycles. The fourth-order valence-electron chi connectivity index (χ4n) is 3.10. The van der Waals surface area contributed by atoms with Crippen molar-refractivity contribution in [1.29, 1.82) is 0 Å². The van der Waals surface area contributed by atoms with Crippen molar-refractivity contribution >= 4 is 14.1 Å². The van der Waals surface area contributed by atoms with E-state index in [-0.39, 0.29) is 25.3 Å². The maximum atomic E-state index is 11.6. The summed E-state index contributed by atoms with van der Waals surface area (Å²) in [5.74, 6) is -0.291. The highest BCUT2D eigenvalue weighted by molar-refractivity contribution is 7.53. The van der Waals surface area contributed by atoms with E-state index in [1.165, 1.54) is 57.8 Å². The minimum absolute atomic E-state index is 0. The lowest BCUT2D eigenvalue weighted by molar-refractivity contribution is -0.232. The number of rotatable bonds is 17. The minimum Gasteiger partial charge on any atom is -0.606 e. The number of carbonyl (C=O) groups excluding carboxylic acids is 1. The van der Waals surface area contributed by atoms with Gasteiger partial charge in [-0.1, -0.05) is 70.4 Å². The molecule has 0 aliphatic carbocycles. The van der Waals surface area contributed by atoms with Gasteiger partial charge < -0.3 is 15.8 Å². The Morgan fingerprint density at radius 1 is 1.03 bits per heavy atom. The first kappa shape index (κ1) is 28.4. The molecule has 1 rings (SSSR count). The maximum absolute atomic E-state index is 11.6. The molecule has 1 aliphatic rings. The molecular formula is C21H43NO6P+. The Morgan fingerprint density at radius 3 is 2.14 bits per heavy atom. The number of hydrogen-bond donors (Lipinski definition) is 2. The molecule has 1 heterocycles. The molecule has 0 aromatic carbocycles. The number of phosphoric acid groups is 1. The van der Waals surface area contributed by atoms with E-state index < -0.39 is 14.3 Å². The molecule has 0 aromatic heterocycles. The predicted octanol–water partition coefficient (Wildman–Crippen LogP) is 5.39. The van der Waals surface area contributed by atoms with Crippen LogP contribution in [0.2, 0.25) is 0 Å². The van der Waals surface area contributed by atoms with Crippen molar-refractivity contribution < 1.29 is 28.4 Å². The van der Waals surface area contributed by atoms with E-state index in [0.29, 0.717) is 6.42 Å². The van der Waals surface area contributed by atoms with E-state index in [1.807, 2.05) is 0 Å². The highest BCUT2D eigenvalue weighted by Gasteiger charge is 2.41. The highest BCUT2D eigenvalue weighted by Crippen LogP contribution is 2.53. The van der Waals surface area contributed by atoms with Crippen LogP contribution in [0.5, 0.6) is 0 Å². The van der Waals surface area contributed by atoms with Gasteiger partial charge in [0.15, 0.2) is 6.10 Å². The molecule has 7 nitrogen and oxygen atoms in total. The van der Waals surface area contributed by atoms with Crippen LogP contribution in [0, 0.1) is 0 Å². The SMILES string of the molecule is CCCCCCCC/C=C/CCCCCCCC(=O)OCC1CO[P+]([O-])(O)O1.[NH4+]. The topological polar surface area (TPSA) is 125 Å². The van der Waals surface area contributed by atoms with Crippen LogP contribution < -0.4 is 11.0 Å². The Morgan fingerprint density at radius 2 is 1.59 bits per heavy atom. The lowest BCUT2D eigenvalue weighted by Crippen LogP contribution is -2.21. The molecular weight excluding hydrogens is 393 g/mol. The van der Waals surface area contributed by atoms with Crippen LogP contribution in [0.25, 0.3) is 0 Å². The standard InChI is InChI=1S/C21H39O6P.H3N/c1-2-3-4-5-6-7-8-9-10-11-12-13-14-15-16-17-21(22)25-18-20-19-26-28(23,24)27-20;/h9-10,20H,2-8,11-19H2,1H3,(H,23,24);1H3/p+1/b10-9+;. The van der Waals surface area contributed by atoms with E-state index in [0.717, 1.165) is 25.7 Å². The Hall–Kier alpha value is -0.560. The molecule has 1 fully saturated rings. The van der Waals surface area contributed by atoms with E-state index in [2.05, 4.69) is 23.6 Å². The van der Waals surface area contributed by atoms with Crippen LogP contribution in [0.4, 0.5) is 0 Å². The van der Waals surface area contributed by atoms with Crippen molar-refractivity contribution in [1.82, 2.24) is 6.15 Å². The molecule has 2 atom stereocenters. The highest BCUT2D eigenvalue weighted by atomic mass is 31.2. The second-order valence-electron chi connectivity index (χ2n) is 7.51. The van der Waals surface area contributed by atoms with Crippen molar-refractivity contribution in [2.75, 3.05) is 13.2 Å². The summed E-state index contributed by atoms with van der Waals surface area (Å²) in [7, 11) is -3.91. The Balaban J connectivity index is 0.00000784. The van der Waals surface area contributed by atoms with Gasteiger partial charge in [0.1, 0.15) is 13.2 Å². The van der Waals surface area contributed by atoms with Gasteiger partial charge in [-0.15, -0.1) is 0 Å². The van der Waals surface area contributed by atoms with E-state index >= 15 is 0 Å². The number of carbonyl (C=O) groups is 1. The fraction of sp³-hybridized carbons (Fsp3) is 0.857. The molecule has 0 amide bonds. The van der Waals surface area contributed by atoms with E-state index in [4.69, 9.17) is 14.2 Å². The summed E-state index contributed by atoms with van der Waals surface area (Å²) < 4.78 is 14.4. The lowest BCUT2D eigenvalue weighted by Gasteiger charge is -2.12. The molecule has 0 aromatic rings. The Labute approximate surface area is 177 Å². The zero-order valence-corrected chi connectivity index (χ0v) is 19.4. The van der Waals surface area contributed by atoms with Crippen LogP contribution in [-0.4, -0.2) is 30.2 Å². The zero-order chi connectivity index (χ0) is 20.5. The third-order valence-electron chi connectivity index (χ3n) is 4.78. The average molecular weight is 437 g/mol. The largest absolute Gasteiger partial charge is 0.606 e. The monoisotopic (exact) mass is 436 g/mol. The molecule has 2 unspecified atom stereocenters. The van der Waals surface area contributed by atoms with Crippen LogP contribution in [0.3, 0.4) is 0 Å². The van der Waals surface area contributed by atoms with Crippen LogP contribution in [0.15, 0.2) is 12.2 Å². The van der Waals surface area contributed by atoms with E-state index in [9.17, 15) is 9.69 Å².